The number of benzene rings is 1. The van der Waals surface area contributed by atoms with Crippen molar-refractivity contribution < 1.29 is 19.2 Å². The van der Waals surface area contributed by atoms with E-state index in [-0.39, 0.29) is 11.8 Å². The molecule has 0 fully saturated rings. The van der Waals surface area contributed by atoms with Gasteiger partial charge in [0.05, 0.1) is 17.6 Å². The van der Waals surface area contributed by atoms with Crippen LogP contribution in [0.25, 0.3) is 0 Å². The summed E-state index contributed by atoms with van der Waals surface area (Å²) in [5.41, 5.74) is 0.000846. The molecule has 0 spiro atoms. The van der Waals surface area contributed by atoms with Crippen LogP contribution in [0, 0.1) is 15.0 Å². The molecule has 23 heavy (non-hydrogen) atoms. The Morgan fingerprint density at radius 1 is 1.26 bits per heavy atom. The highest BCUT2D eigenvalue weighted by Gasteiger charge is 2.21. The van der Waals surface area contributed by atoms with Gasteiger partial charge in [-0.2, -0.15) is 0 Å². The van der Waals surface area contributed by atoms with Crippen LogP contribution in [-0.4, -0.2) is 29.6 Å². The van der Waals surface area contributed by atoms with Crippen molar-refractivity contribution in [1.82, 2.24) is 0 Å². The van der Waals surface area contributed by atoms with Gasteiger partial charge in [-0.05, 0) is 45.2 Å². The molecular formula is C15H20N2O6. The topological polar surface area (TPSA) is 108 Å². The summed E-state index contributed by atoms with van der Waals surface area (Å²) in [5, 5.41) is 13.3. The molecule has 1 atom stereocenters. The minimum absolute atomic E-state index is 0.000846. The molecule has 0 amide bonds. The maximum Gasteiger partial charge on any atom is 0.334 e. The summed E-state index contributed by atoms with van der Waals surface area (Å²) in [6.07, 6.45) is 1.23. The lowest BCUT2D eigenvalue weighted by atomic mass is 10.1. The van der Waals surface area contributed by atoms with Crippen molar-refractivity contribution >= 4 is 11.7 Å². The third-order valence-corrected chi connectivity index (χ3v) is 2.94. The first-order valence-corrected chi connectivity index (χ1v) is 7.34. The quantitative estimate of drug-likeness (QED) is 0.215. The van der Waals surface area contributed by atoms with Crippen molar-refractivity contribution in [3.05, 3.63) is 39.3 Å². The Hall–Kier alpha value is -2.51. The molecule has 0 bridgehead atoms. The molecule has 8 nitrogen and oxygen atoms in total. The van der Waals surface area contributed by atoms with E-state index < -0.39 is 16.9 Å². The summed E-state index contributed by atoms with van der Waals surface area (Å²) in [7, 11) is 0. The van der Waals surface area contributed by atoms with Crippen molar-refractivity contribution in [3.8, 4) is 5.75 Å². The second kappa shape index (κ2) is 9.50. The molecule has 0 aliphatic carbocycles. The van der Waals surface area contributed by atoms with Crippen LogP contribution >= 0.6 is 0 Å². The van der Waals surface area contributed by atoms with Crippen molar-refractivity contribution in [3.63, 3.8) is 0 Å². The monoisotopic (exact) mass is 324 g/mol. The molecule has 0 radical (unpaired) electrons. The number of esters is 1. The first-order valence-electron chi connectivity index (χ1n) is 7.34. The lowest BCUT2D eigenvalue weighted by molar-refractivity contribution is -0.384. The van der Waals surface area contributed by atoms with Crippen LogP contribution in [0.1, 0.15) is 33.1 Å². The number of nitro groups is 1. The van der Waals surface area contributed by atoms with E-state index in [1.807, 2.05) is 0 Å². The Kier molecular flexibility index (Phi) is 7.65. The van der Waals surface area contributed by atoms with Gasteiger partial charge in [-0.1, -0.05) is 5.18 Å². The van der Waals surface area contributed by atoms with E-state index >= 15 is 0 Å². The van der Waals surface area contributed by atoms with E-state index in [4.69, 9.17) is 9.47 Å². The number of carbonyl (C=O) groups excluding carboxylic acids is 1. The minimum Gasteiger partial charge on any atom is -0.494 e. The zero-order chi connectivity index (χ0) is 17.2. The Bertz CT molecular complexity index is 529. The SMILES string of the molecule is CC(C)OC(=O)C(CCCCOc1ccc([N+](=O)[O-])cc1)N=O. The fourth-order valence-corrected chi connectivity index (χ4v) is 1.82. The number of nitroso groups, excluding NO2 is 1. The van der Waals surface area contributed by atoms with E-state index in [0.717, 1.165) is 0 Å². The summed E-state index contributed by atoms with van der Waals surface area (Å²) in [6, 6.07) is 4.78. The summed E-state index contributed by atoms with van der Waals surface area (Å²) in [4.78, 5) is 32.3. The second-order valence-electron chi connectivity index (χ2n) is 5.20. The standard InChI is InChI=1S/C15H20N2O6/c1-11(2)23-15(18)14(16-19)5-3-4-10-22-13-8-6-12(7-9-13)17(20)21/h6-9,11,14H,3-5,10H2,1-2H3. The first kappa shape index (κ1) is 18.5. The highest BCUT2D eigenvalue weighted by atomic mass is 16.6. The van der Waals surface area contributed by atoms with Gasteiger partial charge in [0.25, 0.3) is 5.69 Å². The molecule has 0 heterocycles. The number of nitro benzene ring substituents is 1. The number of rotatable bonds is 10. The summed E-state index contributed by atoms with van der Waals surface area (Å²) >= 11 is 0. The number of unbranched alkanes of at least 4 members (excludes halogenated alkanes) is 1. The average Bonchev–Trinajstić information content (AvgIpc) is 2.50. The third kappa shape index (κ3) is 6.86. The van der Waals surface area contributed by atoms with Gasteiger partial charge in [-0.15, -0.1) is 4.91 Å². The smallest absolute Gasteiger partial charge is 0.334 e. The van der Waals surface area contributed by atoms with Gasteiger partial charge >= 0.3 is 5.97 Å². The Morgan fingerprint density at radius 2 is 1.91 bits per heavy atom. The Balaban J connectivity index is 2.27. The van der Waals surface area contributed by atoms with Crippen LogP contribution in [-0.2, 0) is 9.53 Å². The van der Waals surface area contributed by atoms with Gasteiger partial charge in [-0.3, -0.25) is 10.1 Å². The van der Waals surface area contributed by atoms with E-state index in [1.54, 1.807) is 13.8 Å². The molecule has 0 aliphatic heterocycles. The maximum absolute atomic E-state index is 11.6. The molecule has 0 N–H and O–H groups in total. The molecule has 0 saturated heterocycles. The predicted molar refractivity (Wildman–Crippen MR) is 83.3 cm³/mol. The van der Waals surface area contributed by atoms with Crippen LogP contribution in [0.5, 0.6) is 5.75 Å². The van der Waals surface area contributed by atoms with Crippen molar-refractivity contribution in [2.45, 2.75) is 45.3 Å². The second-order valence-corrected chi connectivity index (χ2v) is 5.20. The molecule has 1 aromatic carbocycles. The summed E-state index contributed by atoms with van der Waals surface area (Å²) < 4.78 is 10.4. The number of nitrogens with zero attached hydrogens (tertiary/aromatic N) is 2. The maximum atomic E-state index is 11.6. The Labute approximate surface area is 133 Å². The molecule has 1 rings (SSSR count). The predicted octanol–water partition coefficient (Wildman–Crippen LogP) is 3.23. The number of ether oxygens (including phenoxy) is 2. The van der Waals surface area contributed by atoms with E-state index in [2.05, 4.69) is 5.18 Å². The van der Waals surface area contributed by atoms with Gasteiger partial charge in [0.1, 0.15) is 5.75 Å². The molecule has 1 aromatic rings. The minimum atomic E-state index is -0.989. The highest BCUT2D eigenvalue weighted by Crippen LogP contribution is 2.17. The molecule has 0 aromatic heterocycles. The molecular weight excluding hydrogens is 304 g/mol. The van der Waals surface area contributed by atoms with Crippen LogP contribution in [0.15, 0.2) is 29.4 Å². The number of carbonyl (C=O) groups is 1. The summed E-state index contributed by atoms with van der Waals surface area (Å²) in [6.45, 7) is 3.79. The molecule has 0 aliphatic rings. The van der Waals surface area contributed by atoms with Crippen LogP contribution in [0.4, 0.5) is 5.69 Å². The van der Waals surface area contributed by atoms with Gasteiger partial charge in [0, 0.05) is 12.1 Å². The zero-order valence-electron chi connectivity index (χ0n) is 13.1. The zero-order valence-corrected chi connectivity index (χ0v) is 13.1. The molecule has 8 heteroatoms. The fraction of sp³-hybridized carbons (Fsp3) is 0.533. The fourth-order valence-electron chi connectivity index (χ4n) is 1.82. The molecule has 126 valence electrons. The van der Waals surface area contributed by atoms with Crippen LogP contribution < -0.4 is 4.74 Å². The van der Waals surface area contributed by atoms with Crippen molar-refractivity contribution in [2.24, 2.45) is 5.18 Å². The van der Waals surface area contributed by atoms with E-state index in [0.29, 0.717) is 31.6 Å². The van der Waals surface area contributed by atoms with Gasteiger partial charge in [0.2, 0.25) is 0 Å². The third-order valence-electron chi connectivity index (χ3n) is 2.94. The van der Waals surface area contributed by atoms with Crippen molar-refractivity contribution in [2.75, 3.05) is 6.61 Å². The van der Waals surface area contributed by atoms with Gasteiger partial charge in [-0.25, -0.2) is 4.79 Å². The van der Waals surface area contributed by atoms with Gasteiger partial charge in [0.15, 0.2) is 6.04 Å². The van der Waals surface area contributed by atoms with Crippen molar-refractivity contribution in [1.29, 1.82) is 0 Å². The van der Waals surface area contributed by atoms with E-state index in [9.17, 15) is 19.8 Å². The van der Waals surface area contributed by atoms with Crippen LogP contribution in [0.2, 0.25) is 0 Å². The number of hydrogen-bond acceptors (Lipinski definition) is 7. The van der Waals surface area contributed by atoms with E-state index in [1.165, 1.54) is 24.3 Å². The number of non-ortho nitro benzene ring substituents is 1. The summed E-state index contributed by atoms with van der Waals surface area (Å²) in [5.74, 6) is -0.0776. The first-order chi connectivity index (χ1) is 10.9. The lowest BCUT2D eigenvalue weighted by Gasteiger charge is -2.12. The number of hydrogen-bond donors (Lipinski definition) is 0. The van der Waals surface area contributed by atoms with Gasteiger partial charge < -0.3 is 9.47 Å². The molecule has 1 unspecified atom stereocenters. The highest BCUT2D eigenvalue weighted by molar-refractivity contribution is 5.76. The van der Waals surface area contributed by atoms with Crippen LogP contribution in [0.3, 0.4) is 0 Å². The Morgan fingerprint density at radius 3 is 2.43 bits per heavy atom. The average molecular weight is 324 g/mol. The molecule has 0 saturated carbocycles. The normalized spacial score (nSPS) is 11.8. The lowest BCUT2D eigenvalue weighted by Crippen LogP contribution is -2.24. The largest absolute Gasteiger partial charge is 0.494 e.